The molecule has 140 valence electrons. The Balaban J connectivity index is 2.13. The van der Waals surface area contributed by atoms with Gasteiger partial charge in [-0.2, -0.15) is 0 Å². The molecular weight excluding hydrogens is 360 g/mol. The van der Waals surface area contributed by atoms with E-state index in [0.717, 1.165) is 0 Å². The third kappa shape index (κ3) is 3.45. The third-order valence-electron chi connectivity index (χ3n) is 4.27. The van der Waals surface area contributed by atoms with E-state index < -0.39 is 10.7 Å². The molecule has 0 aliphatic carbocycles. The second kappa shape index (κ2) is 7.71. The van der Waals surface area contributed by atoms with Gasteiger partial charge < -0.3 is 10.5 Å². The lowest BCUT2D eigenvalue weighted by Gasteiger charge is -2.14. The Kier molecular flexibility index (Phi) is 5.17. The van der Waals surface area contributed by atoms with Crippen LogP contribution in [0.15, 0.2) is 66.7 Å². The van der Waals surface area contributed by atoms with E-state index in [0.29, 0.717) is 5.56 Å². The zero-order valence-electron chi connectivity index (χ0n) is 14.9. The van der Waals surface area contributed by atoms with Crippen molar-refractivity contribution in [2.45, 2.75) is 0 Å². The zero-order chi connectivity index (χ0) is 20.3. The van der Waals surface area contributed by atoms with Crippen molar-refractivity contribution in [2.75, 3.05) is 12.8 Å². The number of nitro benzene ring substituents is 1. The number of nitrogens with two attached hydrogens (primary N) is 1. The van der Waals surface area contributed by atoms with Crippen LogP contribution in [0.3, 0.4) is 0 Å². The van der Waals surface area contributed by atoms with E-state index in [1.54, 1.807) is 30.3 Å². The first-order valence-corrected chi connectivity index (χ1v) is 8.29. The summed E-state index contributed by atoms with van der Waals surface area (Å²) in [5.41, 5.74) is 6.73. The van der Waals surface area contributed by atoms with E-state index in [1.807, 2.05) is 0 Å². The quantitative estimate of drug-likeness (QED) is 0.304. The number of ketones is 2. The predicted molar refractivity (Wildman–Crippen MR) is 104 cm³/mol. The predicted octanol–water partition coefficient (Wildman–Crippen LogP) is 3.65. The SMILES string of the molecule is COc1ccc(C(=O)c2ccccc2)c(C(=O)c2ccc([N+](=O)[O-])cc2)c1N. The Morgan fingerprint density at radius 1 is 0.893 bits per heavy atom. The molecule has 0 saturated carbocycles. The van der Waals surface area contributed by atoms with Crippen LogP contribution >= 0.6 is 0 Å². The second-order valence-electron chi connectivity index (χ2n) is 5.93. The van der Waals surface area contributed by atoms with Crippen molar-refractivity contribution in [1.29, 1.82) is 0 Å². The van der Waals surface area contributed by atoms with Crippen LogP contribution in [0.5, 0.6) is 5.75 Å². The Labute approximate surface area is 160 Å². The maximum Gasteiger partial charge on any atom is 0.269 e. The summed E-state index contributed by atoms with van der Waals surface area (Å²) in [4.78, 5) is 36.3. The van der Waals surface area contributed by atoms with Crippen LogP contribution < -0.4 is 10.5 Å². The van der Waals surface area contributed by atoms with Gasteiger partial charge in [0, 0.05) is 28.8 Å². The van der Waals surface area contributed by atoms with Gasteiger partial charge in [-0.1, -0.05) is 30.3 Å². The maximum absolute atomic E-state index is 13.1. The van der Waals surface area contributed by atoms with Gasteiger partial charge in [0.05, 0.1) is 23.3 Å². The molecule has 0 aliphatic rings. The number of nitrogen functional groups attached to an aromatic ring is 1. The number of anilines is 1. The molecule has 0 fully saturated rings. The fourth-order valence-corrected chi connectivity index (χ4v) is 2.84. The number of nitrogens with zero attached hydrogens (tertiary/aromatic N) is 1. The molecule has 0 bridgehead atoms. The summed E-state index contributed by atoms with van der Waals surface area (Å²) in [5, 5.41) is 10.8. The van der Waals surface area contributed by atoms with Crippen LogP contribution in [0.2, 0.25) is 0 Å². The summed E-state index contributed by atoms with van der Waals surface area (Å²) in [6, 6.07) is 16.6. The molecule has 0 saturated heterocycles. The summed E-state index contributed by atoms with van der Waals surface area (Å²) >= 11 is 0. The summed E-state index contributed by atoms with van der Waals surface area (Å²) in [6.07, 6.45) is 0. The minimum Gasteiger partial charge on any atom is -0.495 e. The Morgan fingerprint density at radius 3 is 2.07 bits per heavy atom. The summed E-state index contributed by atoms with van der Waals surface area (Å²) in [7, 11) is 1.41. The zero-order valence-corrected chi connectivity index (χ0v) is 14.9. The van der Waals surface area contributed by atoms with E-state index in [4.69, 9.17) is 10.5 Å². The highest BCUT2D eigenvalue weighted by Crippen LogP contribution is 2.32. The number of carbonyl (C=O) groups excluding carboxylic acids is 2. The fourth-order valence-electron chi connectivity index (χ4n) is 2.84. The van der Waals surface area contributed by atoms with Crippen LogP contribution in [0, 0.1) is 10.1 Å². The molecule has 3 aromatic carbocycles. The van der Waals surface area contributed by atoms with E-state index in [-0.39, 0.29) is 39.6 Å². The second-order valence-corrected chi connectivity index (χ2v) is 5.93. The lowest BCUT2D eigenvalue weighted by Crippen LogP contribution is -2.14. The van der Waals surface area contributed by atoms with E-state index in [2.05, 4.69) is 0 Å². The van der Waals surface area contributed by atoms with Crippen molar-refractivity contribution in [3.63, 3.8) is 0 Å². The van der Waals surface area contributed by atoms with Crippen molar-refractivity contribution in [3.8, 4) is 5.75 Å². The molecule has 2 N–H and O–H groups in total. The van der Waals surface area contributed by atoms with Crippen molar-refractivity contribution >= 4 is 22.9 Å². The normalized spacial score (nSPS) is 10.3. The summed E-state index contributed by atoms with van der Waals surface area (Å²) in [5.74, 6) is -0.624. The molecular formula is C21H16N2O5. The van der Waals surface area contributed by atoms with Gasteiger partial charge in [-0.3, -0.25) is 19.7 Å². The molecule has 7 nitrogen and oxygen atoms in total. The van der Waals surface area contributed by atoms with Crippen molar-refractivity contribution in [3.05, 3.63) is 99.1 Å². The lowest BCUT2D eigenvalue weighted by atomic mass is 9.91. The molecule has 0 aliphatic heterocycles. The molecule has 3 rings (SSSR count). The monoisotopic (exact) mass is 376 g/mol. The van der Waals surface area contributed by atoms with Gasteiger partial charge >= 0.3 is 0 Å². The van der Waals surface area contributed by atoms with Gasteiger partial charge in [0.15, 0.2) is 11.6 Å². The highest BCUT2D eigenvalue weighted by Gasteiger charge is 2.24. The molecule has 0 heterocycles. The van der Waals surface area contributed by atoms with E-state index in [1.165, 1.54) is 43.5 Å². The minimum absolute atomic E-state index is 0.00190. The number of hydrogen-bond acceptors (Lipinski definition) is 6. The van der Waals surface area contributed by atoms with Crippen molar-refractivity contribution in [1.82, 2.24) is 0 Å². The van der Waals surface area contributed by atoms with Crippen LogP contribution in [0.1, 0.15) is 31.8 Å². The molecule has 3 aromatic rings. The van der Waals surface area contributed by atoms with Crippen LogP contribution in [-0.2, 0) is 0 Å². The Hall–Kier alpha value is -4.00. The molecule has 0 spiro atoms. The third-order valence-corrected chi connectivity index (χ3v) is 4.27. The summed E-state index contributed by atoms with van der Waals surface area (Å²) < 4.78 is 5.18. The summed E-state index contributed by atoms with van der Waals surface area (Å²) in [6.45, 7) is 0. The van der Waals surface area contributed by atoms with Crippen molar-refractivity contribution < 1.29 is 19.2 Å². The number of rotatable bonds is 6. The smallest absolute Gasteiger partial charge is 0.269 e. The number of hydrogen-bond donors (Lipinski definition) is 1. The van der Waals surface area contributed by atoms with Gasteiger partial charge in [-0.05, 0) is 24.3 Å². The Morgan fingerprint density at radius 2 is 1.50 bits per heavy atom. The van der Waals surface area contributed by atoms with Gasteiger partial charge in [-0.15, -0.1) is 0 Å². The first kappa shape index (κ1) is 18.8. The van der Waals surface area contributed by atoms with E-state index in [9.17, 15) is 19.7 Å². The minimum atomic E-state index is -0.557. The van der Waals surface area contributed by atoms with Crippen LogP contribution in [0.25, 0.3) is 0 Å². The number of methoxy groups -OCH3 is 1. The van der Waals surface area contributed by atoms with Crippen LogP contribution in [-0.4, -0.2) is 23.6 Å². The fraction of sp³-hybridized carbons (Fsp3) is 0.0476. The number of ether oxygens (including phenoxy) is 1. The Bertz CT molecular complexity index is 1060. The van der Waals surface area contributed by atoms with Gasteiger partial charge in [0.2, 0.25) is 0 Å². The van der Waals surface area contributed by atoms with Gasteiger partial charge in [0.1, 0.15) is 5.75 Å². The lowest BCUT2D eigenvalue weighted by molar-refractivity contribution is -0.384. The van der Waals surface area contributed by atoms with Crippen molar-refractivity contribution in [2.24, 2.45) is 0 Å². The highest BCUT2D eigenvalue weighted by atomic mass is 16.6. The van der Waals surface area contributed by atoms with Gasteiger partial charge in [-0.25, -0.2) is 0 Å². The maximum atomic E-state index is 13.1. The topological polar surface area (TPSA) is 113 Å². The number of benzene rings is 3. The largest absolute Gasteiger partial charge is 0.495 e. The first-order valence-electron chi connectivity index (χ1n) is 8.29. The number of carbonyl (C=O) groups is 2. The molecule has 0 unspecified atom stereocenters. The van der Waals surface area contributed by atoms with Gasteiger partial charge in [0.25, 0.3) is 5.69 Å². The molecule has 0 atom stereocenters. The van der Waals surface area contributed by atoms with E-state index >= 15 is 0 Å². The number of non-ortho nitro benzene ring substituents is 1. The molecule has 0 amide bonds. The van der Waals surface area contributed by atoms with Crippen LogP contribution in [0.4, 0.5) is 11.4 Å². The standard InChI is InChI=1S/C21H16N2O5/c1-28-17-12-11-16(20(24)13-5-3-2-4-6-13)18(19(17)22)21(25)14-7-9-15(10-8-14)23(26)27/h2-12H,22H2,1H3. The molecule has 0 aromatic heterocycles. The molecule has 7 heteroatoms. The molecule has 28 heavy (non-hydrogen) atoms. The molecule has 0 radical (unpaired) electrons. The highest BCUT2D eigenvalue weighted by molar-refractivity contribution is 6.22. The average Bonchev–Trinajstić information content (AvgIpc) is 2.73. The first-order chi connectivity index (χ1) is 13.4. The number of nitro groups is 1. The average molecular weight is 376 g/mol.